The van der Waals surface area contributed by atoms with Crippen LogP contribution in [0.25, 0.3) is 0 Å². The fourth-order valence-corrected chi connectivity index (χ4v) is 2.53. The van der Waals surface area contributed by atoms with Crippen molar-refractivity contribution in [1.82, 2.24) is 15.8 Å². The van der Waals surface area contributed by atoms with E-state index in [2.05, 4.69) is 10.9 Å². The quantitative estimate of drug-likeness (QED) is 0.623. The van der Waals surface area contributed by atoms with Crippen molar-refractivity contribution < 1.29 is 23.9 Å². The largest absolute Gasteiger partial charge is 0.497 e. The van der Waals surface area contributed by atoms with Crippen molar-refractivity contribution in [2.45, 2.75) is 0 Å². The molecule has 0 fully saturated rings. The van der Waals surface area contributed by atoms with Gasteiger partial charge in [-0.1, -0.05) is 18.2 Å². The van der Waals surface area contributed by atoms with Gasteiger partial charge in [0.2, 0.25) is 0 Å². The van der Waals surface area contributed by atoms with Crippen molar-refractivity contribution in [1.29, 1.82) is 0 Å². The lowest BCUT2D eigenvalue weighted by molar-refractivity contribution is -0.122. The molecule has 0 unspecified atom stereocenters. The number of imide groups is 1. The Labute approximate surface area is 148 Å². The first kappa shape index (κ1) is 17.2. The smallest absolute Gasteiger partial charge is 0.269 e. The fraction of sp³-hybridized carbons (Fsp3) is 0.111. The van der Waals surface area contributed by atoms with Crippen molar-refractivity contribution in [2.75, 3.05) is 13.7 Å². The highest BCUT2D eigenvalue weighted by atomic mass is 16.5. The summed E-state index contributed by atoms with van der Waals surface area (Å²) in [6.07, 6.45) is 0. The Balaban J connectivity index is 1.59. The highest BCUT2D eigenvalue weighted by molar-refractivity contribution is 6.22. The number of nitrogens with one attached hydrogen (secondary N) is 2. The van der Waals surface area contributed by atoms with Crippen molar-refractivity contribution in [3.05, 3.63) is 65.2 Å². The van der Waals surface area contributed by atoms with Gasteiger partial charge in [-0.25, -0.2) is 0 Å². The second-order valence-electron chi connectivity index (χ2n) is 5.48. The van der Waals surface area contributed by atoms with Crippen LogP contribution in [0.1, 0.15) is 31.1 Å². The van der Waals surface area contributed by atoms with E-state index >= 15 is 0 Å². The highest BCUT2D eigenvalue weighted by Crippen LogP contribution is 2.21. The minimum absolute atomic E-state index is 0.255. The van der Waals surface area contributed by atoms with E-state index in [-0.39, 0.29) is 16.7 Å². The van der Waals surface area contributed by atoms with Gasteiger partial charge in [-0.05, 0) is 30.3 Å². The number of rotatable bonds is 4. The minimum atomic E-state index is -0.698. The van der Waals surface area contributed by atoms with Crippen LogP contribution < -0.4 is 15.6 Å². The van der Waals surface area contributed by atoms with Gasteiger partial charge in [-0.2, -0.15) is 0 Å². The topological polar surface area (TPSA) is 105 Å². The molecular formula is C18H15N3O5. The zero-order chi connectivity index (χ0) is 18.7. The van der Waals surface area contributed by atoms with Crippen LogP contribution in [0.3, 0.4) is 0 Å². The third-order valence-corrected chi connectivity index (χ3v) is 3.83. The maximum absolute atomic E-state index is 12.2. The molecule has 0 bridgehead atoms. The van der Waals surface area contributed by atoms with E-state index < -0.39 is 30.2 Å². The standard InChI is InChI=1S/C18H15N3O5/c1-26-12-6-4-5-11(9-12)16(23)20-19-15(22)10-21-17(24)13-7-2-3-8-14(13)18(21)25/h2-9H,10H2,1H3,(H,19,22)(H,20,23). The summed E-state index contributed by atoms with van der Waals surface area (Å²) in [5.41, 5.74) is 5.21. The van der Waals surface area contributed by atoms with E-state index in [9.17, 15) is 19.2 Å². The Bertz CT molecular complexity index is 874. The molecule has 0 aromatic heterocycles. The fourth-order valence-electron chi connectivity index (χ4n) is 2.53. The highest BCUT2D eigenvalue weighted by Gasteiger charge is 2.36. The summed E-state index contributed by atoms with van der Waals surface area (Å²) in [5, 5.41) is 0. The van der Waals surface area contributed by atoms with Gasteiger partial charge in [0.05, 0.1) is 18.2 Å². The van der Waals surface area contributed by atoms with Gasteiger partial charge in [-0.3, -0.25) is 34.9 Å². The SMILES string of the molecule is COc1cccc(C(=O)NNC(=O)CN2C(=O)c3ccccc3C2=O)c1. The molecule has 0 radical (unpaired) electrons. The van der Waals surface area contributed by atoms with E-state index in [1.807, 2.05) is 0 Å². The predicted molar refractivity (Wildman–Crippen MR) is 90.4 cm³/mol. The number of fused-ring (bicyclic) bond motifs is 1. The molecule has 1 aliphatic heterocycles. The number of ether oxygens (including phenoxy) is 1. The molecule has 26 heavy (non-hydrogen) atoms. The van der Waals surface area contributed by atoms with Crippen LogP contribution in [0.4, 0.5) is 0 Å². The third-order valence-electron chi connectivity index (χ3n) is 3.83. The lowest BCUT2D eigenvalue weighted by Crippen LogP contribution is -2.47. The molecule has 2 N–H and O–H groups in total. The molecule has 3 rings (SSSR count). The summed E-state index contributed by atoms with van der Waals surface area (Å²) in [5.74, 6) is -1.84. The summed E-state index contributed by atoms with van der Waals surface area (Å²) in [6.45, 7) is -0.495. The van der Waals surface area contributed by atoms with Crippen molar-refractivity contribution in [2.24, 2.45) is 0 Å². The Morgan fingerprint density at radius 3 is 2.23 bits per heavy atom. The normalized spacial score (nSPS) is 12.6. The molecule has 0 aliphatic carbocycles. The number of hydrogen-bond acceptors (Lipinski definition) is 5. The van der Waals surface area contributed by atoms with Crippen LogP contribution in [-0.4, -0.2) is 42.2 Å². The van der Waals surface area contributed by atoms with Gasteiger partial charge in [-0.15, -0.1) is 0 Å². The second kappa shape index (κ2) is 7.06. The third kappa shape index (κ3) is 3.25. The number of carbonyl (C=O) groups excluding carboxylic acids is 4. The van der Waals surface area contributed by atoms with Crippen molar-refractivity contribution in [3.63, 3.8) is 0 Å². The van der Waals surface area contributed by atoms with Crippen LogP contribution in [0.2, 0.25) is 0 Å². The Hall–Kier alpha value is -3.68. The van der Waals surface area contributed by atoms with Crippen molar-refractivity contribution in [3.8, 4) is 5.75 Å². The number of hydrogen-bond donors (Lipinski definition) is 2. The molecule has 4 amide bonds. The van der Waals surface area contributed by atoms with Crippen LogP contribution in [-0.2, 0) is 4.79 Å². The Morgan fingerprint density at radius 2 is 1.62 bits per heavy atom. The lowest BCUT2D eigenvalue weighted by Gasteiger charge is -2.14. The van der Waals surface area contributed by atoms with E-state index in [1.54, 1.807) is 30.3 Å². The number of benzene rings is 2. The Kier molecular flexibility index (Phi) is 4.66. The van der Waals surface area contributed by atoms with Crippen molar-refractivity contribution >= 4 is 23.6 Å². The molecule has 132 valence electrons. The summed E-state index contributed by atoms with van der Waals surface area (Å²) in [4.78, 5) is 49.3. The first-order valence-corrected chi connectivity index (χ1v) is 7.69. The summed E-state index contributed by atoms with van der Waals surface area (Å²) >= 11 is 0. The first-order chi connectivity index (χ1) is 12.5. The van der Waals surface area contributed by atoms with Gasteiger partial charge in [0.25, 0.3) is 23.6 Å². The first-order valence-electron chi connectivity index (χ1n) is 7.69. The summed E-state index contributed by atoms with van der Waals surface area (Å²) in [7, 11) is 1.47. The average Bonchev–Trinajstić information content (AvgIpc) is 2.91. The van der Waals surface area contributed by atoms with E-state index in [4.69, 9.17) is 4.74 Å². The molecule has 0 atom stereocenters. The van der Waals surface area contributed by atoms with E-state index in [1.165, 1.54) is 25.3 Å². The van der Waals surface area contributed by atoms with Gasteiger partial charge in [0.1, 0.15) is 12.3 Å². The van der Waals surface area contributed by atoms with E-state index in [0.29, 0.717) is 5.75 Å². The lowest BCUT2D eigenvalue weighted by atomic mass is 10.1. The van der Waals surface area contributed by atoms with Gasteiger partial charge in [0, 0.05) is 5.56 Å². The average molecular weight is 353 g/mol. The van der Waals surface area contributed by atoms with Gasteiger partial charge >= 0.3 is 0 Å². The molecule has 1 heterocycles. The predicted octanol–water partition coefficient (Wildman–Crippen LogP) is 0.752. The maximum Gasteiger partial charge on any atom is 0.269 e. The number of nitrogens with zero attached hydrogens (tertiary/aromatic N) is 1. The van der Waals surface area contributed by atoms with Gasteiger partial charge in [0.15, 0.2) is 0 Å². The second-order valence-corrected chi connectivity index (χ2v) is 5.48. The Morgan fingerprint density at radius 1 is 0.962 bits per heavy atom. The number of carbonyl (C=O) groups is 4. The van der Waals surface area contributed by atoms with Crippen LogP contribution >= 0.6 is 0 Å². The zero-order valence-electron chi connectivity index (χ0n) is 13.8. The van der Waals surface area contributed by atoms with Crippen LogP contribution in [0, 0.1) is 0 Å². The van der Waals surface area contributed by atoms with Crippen LogP contribution in [0.15, 0.2) is 48.5 Å². The molecule has 8 heteroatoms. The molecule has 8 nitrogen and oxygen atoms in total. The molecule has 2 aromatic carbocycles. The number of hydrazine groups is 1. The maximum atomic E-state index is 12.2. The molecule has 0 spiro atoms. The monoisotopic (exact) mass is 353 g/mol. The molecule has 0 saturated heterocycles. The number of amides is 4. The summed E-state index contributed by atoms with van der Waals surface area (Å²) in [6, 6.07) is 12.7. The van der Waals surface area contributed by atoms with Crippen LogP contribution in [0.5, 0.6) is 5.75 Å². The zero-order valence-corrected chi connectivity index (χ0v) is 13.8. The van der Waals surface area contributed by atoms with E-state index in [0.717, 1.165) is 4.90 Å². The molecule has 0 saturated carbocycles. The molecule has 1 aliphatic rings. The van der Waals surface area contributed by atoms with Gasteiger partial charge < -0.3 is 4.74 Å². The molecular weight excluding hydrogens is 338 g/mol. The molecule has 2 aromatic rings. The number of methoxy groups -OCH3 is 1. The minimum Gasteiger partial charge on any atom is -0.497 e. The summed E-state index contributed by atoms with van der Waals surface area (Å²) < 4.78 is 5.02.